The van der Waals surface area contributed by atoms with Gasteiger partial charge in [0.2, 0.25) is 5.91 Å². The van der Waals surface area contributed by atoms with Gasteiger partial charge in [0.05, 0.1) is 16.2 Å². The number of nitrogens with two attached hydrogens (primary N) is 1. The first-order chi connectivity index (χ1) is 11.1. The summed E-state index contributed by atoms with van der Waals surface area (Å²) in [5.41, 5.74) is 4.37. The Labute approximate surface area is 146 Å². The van der Waals surface area contributed by atoms with Crippen molar-refractivity contribution >= 4 is 44.3 Å². The summed E-state index contributed by atoms with van der Waals surface area (Å²) < 4.78 is 0.836. The van der Waals surface area contributed by atoms with Crippen molar-refractivity contribution in [2.24, 2.45) is 5.84 Å². The van der Waals surface area contributed by atoms with Crippen molar-refractivity contribution in [1.29, 1.82) is 0 Å². The third kappa shape index (κ3) is 3.34. The molecule has 5 nitrogen and oxygen atoms in total. The van der Waals surface area contributed by atoms with E-state index in [1.165, 1.54) is 0 Å². The predicted molar refractivity (Wildman–Crippen MR) is 92.9 cm³/mol. The molecule has 0 aliphatic heterocycles. The van der Waals surface area contributed by atoms with Crippen LogP contribution in [-0.2, 0) is 4.79 Å². The van der Waals surface area contributed by atoms with Gasteiger partial charge in [-0.05, 0) is 51.8 Å². The largest absolute Gasteiger partial charge is 0.293 e. The zero-order chi connectivity index (χ0) is 16.4. The molecule has 0 bridgehead atoms. The topological polar surface area (TPSA) is 80.9 Å². The second-order valence-electron chi connectivity index (χ2n) is 4.95. The Hall–Kier alpha value is -2.02. The number of fused-ring (bicyclic) bond motifs is 1. The molecule has 1 atom stereocenters. The third-order valence-corrected chi connectivity index (χ3v) is 4.13. The Balaban J connectivity index is 2.12. The highest BCUT2D eigenvalue weighted by Crippen LogP contribution is 2.27. The Morgan fingerprint density at radius 1 is 1.17 bits per heavy atom. The maximum absolute atomic E-state index is 12.3. The molecule has 0 spiro atoms. The van der Waals surface area contributed by atoms with E-state index in [0.29, 0.717) is 10.7 Å². The maximum atomic E-state index is 12.3. The van der Waals surface area contributed by atoms with E-state index >= 15 is 0 Å². The molecule has 1 unspecified atom stereocenters. The summed E-state index contributed by atoms with van der Waals surface area (Å²) in [6.45, 7) is 0. The van der Waals surface area contributed by atoms with E-state index in [2.05, 4.69) is 31.3 Å². The molecule has 0 aliphatic rings. The molecule has 3 rings (SSSR count). The molecular weight excluding hydrogens is 380 g/mol. The number of rotatable bonds is 3. The Morgan fingerprint density at radius 3 is 2.70 bits per heavy atom. The molecule has 0 saturated carbocycles. The van der Waals surface area contributed by atoms with Crippen molar-refractivity contribution in [1.82, 2.24) is 15.4 Å². The first-order valence-electron chi connectivity index (χ1n) is 6.75. The molecule has 23 heavy (non-hydrogen) atoms. The number of benzene rings is 1. The van der Waals surface area contributed by atoms with Crippen LogP contribution in [0.15, 0.2) is 53.3 Å². The molecule has 1 amide bonds. The Morgan fingerprint density at radius 2 is 2.00 bits per heavy atom. The Kier molecular flexibility index (Phi) is 4.56. The maximum Gasteiger partial charge on any atom is 0.247 e. The van der Waals surface area contributed by atoms with Gasteiger partial charge >= 0.3 is 0 Å². The summed E-state index contributed by atoms with van der Waals surface area (Å²) in [5, 5.41) is 1.39. The lowest BCUT2D eigenvalue weighted by molar-refractivity contribution is -0.121. The summed E-state index contributed by atoms with van der Waals surface area (Å²) in [6.07, 6.45) is 3.23. The van der Waals surface area contributed by atoms with Gasteiger partial charge in [0.1, 0.15) is 5.92 Å². The lowest BCUT2D eigenvalue weighted by Gasteiger charge is -2.16. The summed E-state index contributed by atoms with van der Waals surface area (Å²) in [6, 6.07) is 11.0. The van der Waals surface area contributed by atoms with E-state index in [-0.39, 0.29) is 5.91 Å². The predicted octanol–water partition coefficient (Wildman–Crippen LogP) is 3.17. The highest BCUT2D eigenvalue weighted by molar-refractivity contribution is 9.10. The van der Waals surface area contributed by atoms with Crippen molar-refractivity contribution in [2.75, 3.05) is 0 Å². The first kappa shape index (κ1) is 15.9. The number of amides is 1. The minimum Gasteiger partial charge on any atom is -0.293 e. The van der Waals surface area contributed by atoms with Crippen LogP contribution >= 0.6 is 27.5 Å². The molecule has 0 radical (unpaired) electrons. The van der Waals surface area contributed by atoms with Crippen LogP contribution in [0, 0.1) is 0 Å². The second kappa shape index (κ2) is 6.62. The molecule has 0 aliphatic carbocycles. The number of hydrogen-bond donors (Lipinski definition) is 2. The number of nitrogens with one attached hydrogen (secondary N) is 1. The van der Waals surface area contributed by atoms with E-state index in [0.717, 1.165) is 20.9 Å². The molecule has 0 saturated heterocycles. The van der Waals surface area contributed by atoms with Crippen LogP contribution in [0.1, 0.15) is 17.2 Å². The number of pyridine rings is 2. The average molecular weight is 392 g/mol. The summed E-state index contributed by atoms with van der Waals surface area (Å²) in [7, 11) is 0. The number of aromatic nitrogens is 2. The molecule has 1 aromatic carbocycles. The van der Waals surface area contributed by atoms with Gasteiger partial charge in [-0.3, -0.25) is 20.2 Å². The van der Waals surface area contributed by atoms with Crippen LogP contribution in [-0.4, -0.2) is 15.9 Å². The zero-order valence-corrected chi connectivity index (χ0v) is 14.2. The van der Waals surface area contributed by atoms with Gasteiger partial charge in [-0.2, -0.15) is 0 Å². The number of hydrogen-bond acceptors (Lipinski definition) is 4. The van der Waals surface area contributed by atoms with E-state index in [9.17, 15) is 4.79 Å². The second-order valence-corrected chi connectivity index (χ2v) is 6.30. The highest BCUT2D eigenvalue weighted by Gasteiger charge is 2.23. The van der Waals surface area contributed by atoms with Crippen LogP contribution in [0.5, 0.6) is 0 Å². The average Bonchev–Trinajstić information content (AvgIpc) is 2.56. The van der Waals surface area contributed by atoms with Crippen LogP contribution < -0.4 is 11.3 Å². The van der Waals surface area contributed by atoms with Gasteiger partial charge in [0.15, 0.2) is 0 Å². The standard InChI is InChI=1S/C16H12BrClN4O/c17-11-2-4-14(20-7-11)15(16(23)22-19)9-1-3-13-10(5-9)6-12(18)8-21-13/h1-8,15H,19H2,(H,22,23). The van der Waals surface area contributed by atoms with E-state index < -0.39 is 5.92 Å². The van der Waals surface area contributed by atoms with E-state index in [4.69, 9.17) is 17.4 Å². The lowest BCUT2D eigenvalue weighted by Crippen LogP contribution is -2.35. The van der Waals surface area contributed by atoms with Crippen molar-refractivity contribution in [3.63, 3.8) is 0 Å². The number of nitrogens with zero attached hydrogens (tertiary/aromatic N) is 2. The van der Waals surface area contributed by atoms with Crippen molar-refractivity contribution in [2.45, 2.75) is 5.92 Å². The summed E-state index contributed by atoms with van der Waals surface area (Å²) in [4.78, 5) is 20.8. The fourth-order valence-electron chi connectivity index (χ4n) is 2.40. The molecule has 2 heterocycles. The van der Waals surface area contributed by atoms with Gasteiger partial charge in [-0.25, -0.2) is 5.84 Å². The van der Waals surface area contributed by atoms with Crippen LogP contribution in [0.25, 0.3) is 10.9 Å². The number of carbonyl (C=O) groups excluding carboxylic acids is 1. The van der Waals surface area contributed by atoms with Gasteiger partial charge in [-0.1, -0.05) is 17.7 Å². The molecule has 2 aromatic heterocycles. The SMILES string of the molecule is NNC(=O)C(c1ccc2ncc(Cl)cc2c1)c1ccc(Br)cn1. The van der Waals surface area contributed by atoms with E-state index in [1.54, 1.807) is 24.5 Å². The molecule has 7 heteroatoms. The van der Waals surface area contributed by atoms with Crippen LogP contribution in [0.2, 0.25) is 5.02 Å². The summed E-state index contributed by atoms with van der Waals surface area (Å²) >= 11 is 9.33. The first-order valence-corrected chi connectivity index (χ1v) is 7.92. The third-order valence-electron chi connectivity index (χ3n) is 3.46. The normalized spacial score (nSPS) is 12.1. The van der Waals surface area contributed by atoms with Crippen molar-refractivity contribution in [3.05, 3.63) is 69.5 Å². The lowest BCUT2D eigenvalue weighted by atomic mass is 9.93. The van der Waals surface area contributed by atoms with Crippen LogP contribution in [0.4, 0.5) is 0 Å². The fraction of sp³-hybridized carbons (Fsp3) is 0.0625. The van der Waals surface area contributed by atoms with Gasteiger partial charge in [-0.15, -0.1) is 0 Å². The zero-order valence-electron chi connectivity index (χ0n) is 11.8. The minimum absolute atomic E-state index is 0.339. The number of halogens is 2. The van der Waals surface area contributed by atoms with Crippen molar-refractivity contribution in [3.8, 4) is 0 Å². The highest BCUT2D eigenvalue weighted by atomic mass is 79.9. The summed E-state index contributed by atoms with van der Waals surface area (Å²) in [5.74, 6) is 4.39. The molecule has 116 valence electrons. The minimum atomic E-state index is -0.614. The van der Waals surface area contributed by atoms with E-state index in [1.807, 2.05) is 24.3 Å². The quantitative estimate of drug-likeness (QED) is 0.408. The van der Waals surface area contributed by atoms with Crippen LogP contribution in [0.3, 0.4) is 0 Å². The fourth-order valence-corrected chi connectivity index (χ4v) is 2.80. The van der Waals surface area contributed by atoms with Crippen molar-refractivity contribution < 1.29 is 4.79 Å². The Bertz CT molecular complexity index is 870. The molecule has 3 N–H and O–H groups in total. The monoisotopic (exact) mass is 390 g/mol. The van der Waals surface area contributed by atoms with Gasteiger partial charge in [0.25, 0.3) is 0 Å². The van der Waals surface area contributed by atoms with Gasteiger partial charge < -0.3 is 0 Å². The number of hydrazine groups is 1. The molecule has 3 aromatic rings. The number of carbonyl (C=O) groups is 1. The smallest absolute Gasteiger partial charge is 0.247 e. The van der Waals surface area contributed by atoms with Gasteiger partial charge in [0, 0.05) is 22.3 Å². The molecular formula is C16H12BrClN4O. The molecule has 0 fully saturated rings.